The lowest BCUT2D eigenvalue weighted by atomic mass is 9.47. The van der Waals surface area contributed by atoms with Gasteiger partial charge in [-0.25, -0.2) is 0 Å². The first kappa shape index (κ1) is 24.2. The Morgan fingerprint density at radius 3 is 2.18 bits per heavy atom. The molecule has 0 saturated heterocycles. The second kappa shape index (κ2) is 6.81. The highest BCUT2D eigenvalue weighted by Gasteiger charge is 2.68. The average molecular weight is 469 g/mol. The maximum atomic E-state index is 13.9. The predicted molar refractivity (Wildman–Crippen MR) is 126 cm³/mol. The fourth-order valence-electron chi connectivity index (χ4n) is 6.47. The number of Topliss-reactive ketones (excluding diaryl/α,β-unsaturated/α-hetero) is 3. The molecule has 1 aromatic carbocycles. The molecule has 3 aliphatic rings. The first-order valence-electron chi connectivity index (χ1n) is 11.5. The molecule has 3 aliphatic carbocycles. The predicted octanol–water partition coefficient (Wildman–Crippen LogP) is 3.91. The van der Waals surface area contributed by atoms with Crippen LogP contribution in [-0.4, -0.2) is 43.4 Å². The molecule has 34 heavy (non-hydrogen) atoms. The number of phenolic OH excluding ortho intramolecular Hbond substituents is 1. The smallest absolute Gasteiger partial charge is 0.203 e. The topological polar surface area (TPSA) is 132 Å². The van der Waals surface area contributed by atoms with Crippen LogP contribution in [0.2, 0.25) is 0 Å². The van der Waals surface area contributed by atoms with Gasteiger partial charge in [0.05, 0.1) is 5.56 Å². The molecule has 1 fully saturated rings. The number of rotatable bonds is 1. The zero-order valence-electron chi connectivity index (χ0n) is 20.7. The summed E-state index contributed by atoms with van der Waals surface area (Å²) in [5.41, 5.74) is -3.72. The Balaban J connectivity index is 2.06. The number of carbonyl (C=O) groups is 3. The molecule has 0 radical (unpaired) electrons. The van der Waals surface area contributed by atoms with Gasteiger partial charge >= 0.3 is 0 Å². The third-order valence-corrected chi connectivity index (χ3v) is 8.05. The zero-order valence-corrected chi connectivity index (χ0v) is 20.7. The molecule has 0 spiro atoms. The molecule has 0 unspecified atom stereocenters. The number of fused-ring (bicyclic) bond motifs is 3. The van der Waals surface area contributed by atoms with Gasteiger partial charge in [0.25, 0.3) is 0 Å². The van der Waals surface area contributed by atoms with Gasteiger partial charge in [-0.1, -0.05) is 40.7 Å². The number of aromatic hydroxyl groups is 1. The van der Waals surface area contributed by atoms with Crippen molar-refractivity contribution in [2.24, 2.45) is 10.8 Å². The van der Waals surface area contributed by atoms with Crippen LogP contribution in [0.1, 0.15) is 76.6 Å². The molecule has 0 heterocycles. The van der Waals surface area contributed by atoms with E-state index in [1.807, 2.05) is 33.8 Å². The number of allylic oxidation sites excluding steroid dienone is 1. The third-order valence-electron chi connectivity index (χ3n) is 8.05. The Kier molecular flexibility index (Phi) is 4.85. The summed E-state index contributed by atoms with van der Waals surface area (Å²) in [4.78, 5) is 38.8. The number of phenols is 1. The Morgan fingerprint density at radius 2 is 1.65 bits per heavy atom. The monoisotopic (exact) mass is 468 g/mol. The number of aliphatic hydroxyl groups is 3. The summed E-state index contributed by atoms with van der Waals surface area (Å²) in [6.45, 7) is 12.1. The average Bonchev–Trinajstić information content (AvgIpc) is 2.65. The number of hydrogen-bond donors (Lipinski definition) is 4. The van der Waals surface area contributed by atoms with Gasteiger partial charge in [-0.2, -0.15) is 0 Å². The van der Waals surface area contributed by atoms with Crippen LogP contribution >= 0.6 is 0 Å². The SMILES string of the molecule is CC(=O)C1=C(O)[C@]2(O)C(=O)C3=C(O)c4c(O)c(C(C)(C)C)cc(C)c4C[C@]3(C)C[C@]2(C)CC1=O. The van der Waals surface area contributed by atoms with Crippen LogP contribution in [0.15, 0.2) is 23.0 Å². The van der Waals surface area contributed by atoms with E-state index < -0.39 is 56.3 Å². The van der Waals surface area contributed by atoms with E-state index in [0.29, 0.717) is 17.5 Å². The van der Waals surface area contributed by atoms with E-state index in [-0.39, 0.29) is 29.7 Å². The van der Waals surface area contributed by atoms with E-state index in [2.05, 4.69) is 0 Å². The van der Waals surface area contributed by atoms with Crippen LogP contribution in [0.25, 0.3) is 5.76 Å². The maximum absolute atomic E-state index is 13.9. The molecule has 0 amide bonds. The summed E-state index contributed by atoms with van der Waals surface area (Å²) in [6, 6.07) is 1.89. The summed E-state index contributed by atoms with van der Waals surface area (Å²) in [7, 11) is 0. The van der Waals surface area contributed by atoms with Gasteiger partial charge in [0.1, 0.15) is 22.8 Å². The minimum atomic E-state index is -2.55. The summed E-state index contributed by atoms with van der Waals surface area (Å²) >= 11 is 0. The molecule has 182 valence electrons. The Hall–Kier alpha value is -2.93. The van der Waals surface area contributed by atoms with Crippen molar-refractivity contribution in [2.45, 2.75) is 78.7 Å². The molecule has 3 atom stereocenters. The molecule has 0 bridgehead atoms. The van der Waals surface area contributed by atoms with E-state index in [0.717, 1.165) is 12.5 Å². The van der Waals surface area contributed by atoms with E-state index in [1.165, 1.54) is 0 Å². The summed E-state index contributed by atoms with van der Waals surface area (Å²) in [5, 5.41) is 45.2. The minimum absolute atomic E-state index is 0.100. The zero-order chi connectivity index (χ0) is 25.8. The number of aryl methyl sites for hydroxylation is 1. The van der Waals surface area contributed by atoms with Crippen molar-refractivity contribution in [3.8, 4) is 5.75 Å². The molecule has 0 aromatic heterocycles. The molecule has 0 aliphatic heterocycles. The number of hydrogen-bond acceptors (Lipinski definition) is 7. The van der Waals surface area contributed by atoms with Crippen molar-refractivity contribution < 1.29 is 34.8 Å². The largest absolute Gasteiger partial charge is 0.508 e. The molecule has 1 saturated carbocycles. The lowest BCUT2D eigenvalue weighted by Gasteiger charge is -2.56. The van der Waals surface area contributed by atoms with Gasteiger partial charge < -0.3 is 20.4 Å². The highest BCUT2D eigenvalue weighted by Crippen LogP contribution is 2.62. The molecule has 1 aromatic rings. The number of ketones is 3. The second-order valence-electron chi connectivity index (χ2n) is 11.8. The Labute approximate surface area is 198 Å². The van der Waals surface area contributed by atoms with E-state index in [4.69, 9.17) is 0 Å². The summed E-state index contributed by atoms with van der Waals surface area (Å²) in [6.07, 6.45) is 0.0996. The molecule has 7 heteroatoms. The van der Waals surface area contributed by atoms with Crippen molar-refractivity contribution in [1.29, 1.82) is 0 Å². The minimum Gasteiger partial charge on any atom is -0.508 e. The normalized spacial score (nSPS) is 31.3. The quantitative estimate of drug-likeness (QED) is 0.459. The highest BCUT2D eigenvalue weighted by atomic mass is 16.3. The highest BCUT2D eigenvalue weighted by molar-refractivity contribution is 6.23. The van der Waals surface area contributed by atoms with Crippen molar-refractivity contribution >= 4 is 23.1 Å². The summed E-state index contributed by atoms with van der Waals surface area (Å²) < 4.78 is 0. The fourth-order valence-corrected chi connectivity index (χ4v) is 6.47. The number of benzene rings is 1. The Morgan fingerprint density at radius 1 is 1.06 bits per heavy atom. The van der Waals surface area contributed by atoms with Gasteiger partial charge in [0.15, 0.2) is 17.2 Å². The lowest BCUT2D eigenvalue weighted by Crippen LogP contribution is -2.65. The van der Waals surface area contributed by atoms with Crippen LogP contribution in [0.3, 0.4) is 0 Å². The fraction of sp³-hybridized carbons (Fsp3) is 0.519. The van der Waals surface area contributed by atoms with E-state index in [9.17, 15) is 34.8 Å². The molecular weight excluding hydrogens is 436 g/mol. The molecule has 7 nitrogen and oxygen atoms in total. The second-order valence-corrected chi connectivity index (χ2v) is 11.8. The molecule has 4 N–H and O–H groups in total. The van der Waals surface area contributed by atoms with Crippen LogP contribution in [-0.2, 0) is 26.2 Å². The van der Waals surface area contributed by atoms with Gasteiger partial charge in [0, 0.05) is 28.4 Å². The van der Waals surface area contributed by atoms with Crippen molar-refractivity contribution in [3.63, 3.8) is 0 Å². The Bertz CT molecular complexity index is 1260. The first-order valence-corrected chi connectivity index (χ1v) is 11.5. The van der Waals surface area contributed by atoms with Gasteiger partial charge in [-0.3, -0.25) is 14.4 Å². The summed E-state index contributed by atoms with van der Waals surface area (Å²) in [5.74, 6) is -3.84. The van der Waals surface area contributed by atoms with E-state index >= 15 is 0 Å². The number of carbonyl (C=O) groups excluding carboxylic acids is 3. The lowest BCUT2D eigenvalue weighted by molar-refractivity contribution is -0.164. The molecule has 4 rings (SSSR count). The van der Waals surface area contributed by atoms with Crippen LogP contribution < -0.4 is 0 Å². The van der Waals surface area contributed by atoms with Gasteiger partial charge in [-0.15, -0.1) is 0 Å². The van der Waals surface area contributed by atoms with Crippen molar-refractivity contribution in [3.05, 3.63) is 45.2 Å². The molecular formula is C27H32O7. The first-order chi connectivity index (χ1) is 15.4. The standard InChI is InChI=1S/C27H32O7/c1-12-8-15(24(3,4)5)20(30)18-14(12)9-25(6)11-26(7)10-16(29)17(13(2)28)22(32)27(26,34)23(33)19(25)21(18)31/h8,30-32,34H,9-11H2,1-7H3/t25-,26+,27+/m1/s1. The van der Waals surface area contributed by atoms with Crippen LogP contribution in [0.4, 0.5) is 0 Å². The maximum Gasteiger partial charge on any atom is 0.203 e. The van der Waals surface area contributed by atoms with Crippen LogP contribution in [0.5, 0.6) is 5.75 Å². The van der Waals surface area contributed by atoms with Gasteiger partial charge in [0.2, 0.25) is 5.78 Å². The van der Waals surface area contributed by atoms with Crippen molar-refractivity contribution in [2.75, 3.05) is 0 Å². The third kappa shape index (κ3) is 2.82. The van der Waals surface area contributed by atoms with Crippen molar-refractivity contribution in [1.82, 2.24) is 0 Å². The number of aliphatic hydroxyl groups excluding tert-OH is 2. The van der Waals surface area contributed by atoms with E-state index in [1.54, 1.807) is 13.8 Å². The van der Waals surface area contributed by atoms with Gasteiger partial charge in [-0.05, 0) is 43.2 Å². The van der Waals surface area contributed by atoms with Crippen LogP contribution in [0, 0.1) is 17.8 Å².